The Hall–Kier alpha value is -2.96. The zero-order chi connectivity index (χ0) is 26.7. The van der Waals surface area contributed by atoms with Crippen molar-refractivity contribution in [1.82, 2.24) is 0 Å². The Morgan fingerprint density at radius 1 is 0.200 bits per heavy atom. The monoisotopic (exact) mass is 584 g/mol. The summed E-state index contributed by atoms with van der Waals surface area (Å²) in [5.41, 5.74) is 0. The van der Waals surface area contributed by atoms with Crippen molar-refractivity contribution >= 4 is 72.9 Å². The summed E-state index contributed by atoms with van der Waals surface area (Å²) < 4.78 is 0. The van der Waals surface area contributed by atoms with Gasteiger partial charge in [0.05, 0.1) is 0 Å². The number of fused-ring (bicyclic) bond motifs is 2. The predicted molar refractivity (Wildman–Crippen MR) is 183 cm³/mol. The zero-order valence-corrected chi connectivity index (χ0v) is 25.5. The third kappa shape index (κ3) is 4.90. The topological polar surface area (TPSA) is 0 Å². The predicted octanol–water partition coefficient (Wildman–Crippen LogP) is 6.96. The lowest BCUT2D eigenvalue weighted by molar-refractivity contribution is 1.76. The van der Waals surface area contributed by atoms with E-state index in [9.17, 15) is 0 Å². The molecule has 0 nitrogen and oxygen atoms in total. The maximum atomic E-state index is 2.46. The van der Waals surface area contributed by atoms with E-state index >= 15 is 0 Å². The molecule has 0 amide bonds. The number of benzene rings is 6. The number of hydrogen-bond donors (Lipinski definition) is 0. The molecule has 4 atom stereocenters. The normalized spacial score (nSPS) is 20.0. The van der Waals surface area contributed by atoms with Crippen LogP contribution >= 0.6 is 30.4 Å². The molecule has 0 saturated carbocycles. The largest absolute Gasteiger partial charge is 0.0622 e. The van der Waals surface area contributed by atoms with Gasteiger partial charge in [-0.15, -0.1) is 0 Å². The van der Waals surface area contributed by atoms with Gasteiger partial charge in [-0.05, 0) is 72.9 Å². The van der Waals surface area contributed by atoms with Crippen LogP contribution in [0.5, 0.6) is 0 Å². The van der Waals surface area contributed by atoms with Crippen LogP contribution in [0.15, 0.2) is 170 Å². The highest BCUT2D eigenvalue weighted by atomic mass is 32.1. The van der Waals surface area contributed by atoms with E-state index in [-0.39, 0.29) is 0 Å². The summed E-state index contributed by atoms with van der Waals surface area (Å²) >= 11 is 0. The molecule has 6 aromatic rings. The van der Waals surface area contributed by atoms with E-state index in [1.165, 1.54) is 21.2 Å². The lowest BCUT2D eigenvalue weighted by Gasteiger charge is -2.40. The fourth-order valence-corrected chi connectivity index (χ4v) is 23.4. The molecule has 0 aliphatic carbocycles. The molecule has 192 valence electrons. The van der Waals surface area contributed by atoms with Crippen LogP contribution in [-0.4, -0.2) is 0 Å². The van der Waals surface area contributed by atoms with Crippen LogP contribution in [0.2, 0.25) is 0 Å². The zero-order valence-electron chi connectivity index (χ0n) is 22.0. The van der Waals surface area contributed by atoms with Crippen LogP contribution in [0, 0.1) is 0 Å². The van der Waals surface area contributed by atoms with E-state index < -0.39 is 30.4 Å². The SMILES string of the molecule is c1ccc(P2c3ccccc3P(c3ccccc3)P(c3ccccc3)c3ccccc3P2c2ccccc2)cc1. The second kappa shape index (κ2) is 11.9. The minimum Gasteiger partial charge on any atom is -0.0622 e. The van der Waals surface area contributed by atoms with Gasteiger partial charge < -0.3 is 0 Å². The summed E-state index contributed by atoms with van der Waals surface area (Å²) in [5, 5.41) is 12.0. The number of rotatable bonds is 4. The molecule has 0 fully saturated rings. The molecule has 1 aliphatic heterocycles. The third-order valence-corrected chi connectivity index (χ3v) is 22.5. The smallest absolute Gasteiger partial charge is 0.00626 e. The summed E-state index contributed by atoms with van der Waals surface area (Å²) in [4.78, 5) is 0. The van der Waals surface area contributed by atoms with Crippen molar-refractivity contribution < 1.29 is 0 Å². The standard InChI is InChI=1S/C36H28P4/c1-5-17-29(18-6-1)37-33-25-13-14-26-34(33)39(31-21-9-3-10-22-31)40(32-23-11-4-12-24-32)36-28-16-15-27-35(36)38(37)30-19-7-2-8-20-30/h1-28H. The summed E-state index contributed by atoms with van der Waals surface area (Å²) in [6.45, 7) is 0. The van der Waals surface area contributed by atoms with E-state index in [4.69, 9.17) is 0 Å². The van der Waals surface area contributed by atoms with Crippen molar-refractivity contribution in [2.24, 2.45) is 0 Å². The Morgan fingerprint density at radius 2 is 0.375 bits per heavy atom. The number of hydrogen-bond acceptors (Lipinski definition) is 0. The molecule has 1 aliphatic rings. The van der Waals surface area contributed by atoms with Crippen molar-refractivity contribution in [3.63, 3.8) is 0 Å². The molecule has 40 heavy (non-hydrogen) atoms. The van der Waals surface area contributed by atoms with Crippen LogP contribution in [0.25, 0.3) is 0 Å². The molecular formula is C36H28P4. The van der Waals surface area contributed by atoms with Crippen LogP contribution in [0.3, 0.4) is 0 Å². The molecule has 0 radical (unpaired) electrons. The third-order valence-electron chi connectivity index (χ3n) is 7.08. The summed E-state index contributed by atoms with van der Waals surface area (Å²) in [6, 6.07) is 64.3. The van der Waals surface area contributed by atoms with E-state index in [1.807, 2.05) is 0 Å². The highest BCUT2D eigenvalue weighted by molar-refractivity contribution is 8.46. The molecule has 0 bridgehead atoms. The first-order valence-electron chi connectivity index (χ1n) is 13.5. The van der Waals surface area contributed by atoms with Gasteiger partial charge in [-0.1, -0.05) is 170 Å². The van der Waals surface area contributed by atoms with Gasteiger partial charge in [-0.2, -0.15) is 0 Å². The van der Waals surface area contributed by atoms with E-state index in [2.05, 4.69) is 170 Å². The highest BCUT2D eigenvalue weighted by Crippen LogP contribution is 2.72. The Kier molecular flexibility index (Phi) is 7.71. The van der Waals surface area contributed by atoms with Crippen LogP contribution in [0.4, 0.5) is 0 Å². The maximum Gasteiger partial charge on any atom is -0.00626 e. The first-order valence-corrected chi connectivity index (χ1v) is 20.3. The van der Waals surface area contributed by atoms with Crippen LogP contribution in [0.1, 0.15) is 0 Å². The Morgan fingerprint density at radius 3 is 0.575 bits per heavy atom. The molecule has 0 spiro atoms. The lowest BCUT2D eigenvalue weighted by Crippen LogP contribution is -2.37. The van der Waals surface area contributed by atoms with E-state index in [0.29, 0.717) is 0 Å². The van der Waals surface area contributed by atoms with E-state index in [1.54, 1.807) is 21.2 Å². The molecule has 0 aromatic heterocycles. The quantitative estimate of drug-likeness (QED) is 0.197. The molecular weight excluding hydrogens is 556 g/mol. The fraction of sp³-hybridized carbons (Fsp3) is 0. The lowest BCUT2D eigenvalue weighted by atomic mass is 10.4. The molecule has 6 aromatic carbocycles. The second-order valence-corrected chi connectivity index (χ2v) is 20.9. The van der Waals surface area contributed by atoms with Gasteiger partial charge >= 0.3 is 0 Å². The van der Waals surface area contributed by atoms with Crippen molar-refractivity contribution in [2.45, 2.75) is 0 Å². The fourth-order valence-electron chi connectivity index (χ4n) is 5.37. The average Bonchev–Trinajstić information content (AvgIpc) is 3.03. The van der Waals surface area contributed by atoms with E-state index in [0.717, 1.165) is 0 Å². The summed E-state index contributed by atoms with van der Waals surface area (Å²) in [7, 11) is -2.66. The summed E-state index contributed by atoms with van der Waals surface area (Å²) in [5.74, 6) is 0. The van der Waals surface area contributed by atoms with Gasteiger partial charge in [0, 0.05) is 0 Å². The van der Waals surface area contributed by atoms with Crippen LogP contribution in [-0.2, 0) is 0 Å². The molecule has 0 N–H and O–H groups in total. The second-order valence-electron chi connectivity index (χ2n) is 9.57. The van der Waals surface area contributed by atoms with Gasteiger partial charge in [0.2, 0.25) is 0 Å². The molecule has 4 heteroatoms. The van der Waals surface area contributed by atoms with Crippen molar-refractivity contribution in [3.05, 3.63) is 170 Å². The maximum absolute atomic E-state index is 2.46. The van der Waals surface area contributed by atoms with Crippen molar-refractivity contribution in [1.29, 1.82) is 0 Å². The summed E-state index contributed by atoms with van der Waals surface area (Å²) in [6.07, 6.45) is 0. The Labute approximate surface area is 241 Å². The van der Waals surface area contributed by atoms with Crippen LogP contribution < -0.4 is 42.4 Å². The highest BCUT2D eigenvalue weighted by Gasteiger charge is 2.39. The first kappa shape index (κ1) is 26.0. The van der Waals surface area contributed by atoms with Crippen molar-refractivity contribution in [3.8, 4) is 0 Å². The van der Waals surface area contributed by atoms with Crippen molar-refractivity contribution in [2.75, 3.05) is 0 Å². The molecule has 7 rings (SSSR count). The molecule has 1 heterocycles. The molecule has 4 unspecified atom stereocenters. The minimum atomic E-state index is -0.666. The minimum absolute atomic E-state index is 0.666. The first-order chi connectivity index (χ1) is 19.9. The molecule has 0 saturated heterocycles. The van der Waals surface area contributed by atoms with Gasteiger partial charge in [-0.3, -0.25) is 0 Å². The van der Waals surface area contributed by atoms with Gasteiger partial charge in [0.25, 0.3) is 0 Å². The Bertz CT molecular complexity index is 1450. The Balaban J connectivity index is 1.62. The van der Waals surface area contributed by atoms with Gasteiger partial charge in [-0.25, -0.2) is 0 Å². The van der Waals surface area contributed by atoms with Gasteiger partial charge in [0.1, 0.15) is 0 Å². The van der Waals surface area contributed by atoms with Gasteiger partial charge in [0.15, 0.2) is 0 Å². The average molecular weight is 585 g/mol.